The van der Waals surface area contributed by atoms with E-state index >= 15 is 0 Å². The van der Waals surface area contributed by atoms with Crippen LogP contribution in [-0.4, -0.2) is 33.2 Å². The lowest BCUT2D eigenvalue weighted by atomic mass is 10.1. The lowest BCUT2D eigenvalue weighted by molar-refractivity contribution is 0.186. The zero-order valence-corrected chi connectivity index (χ0v) is 12.5. The van der Waals surface area contributed by atoms with E-state index in [0.717, 1.165) is 6.42 Å². The molecule has 1 aromatic heterocycles. The summed E-state index contributed by atoms with van der Waals surface area (Å²) in [6, 6.07) is 1.45. The third-order valence-electron chi connectivity index (χ3n) is 2.83. The molecule has 106 valence electrons. The highest BCUT2D eigenvalue weighted by Crippen LogP contribution is 2.22. The minimum Gasteiger partial charge on any atom is -0.381 e. The second-order valence-electron chi connectivity index (χ2n) is 4.23. The summed E-state index contributed by atoms with van der Waals surface area (Å²) in [4.78, 5) is 3.93. The predicted octanol–water partition coefficient (Wildman–Crippen LogP) is 0.444. The monoisotopic (exact) mass is 350 g/mol. The number of hydrogen-bond donors (Lipinski definition) is 3. The van der Waals surface area contributed by atoms with E-state index in [1.807, 2.05) is 0 Å². The molecule has 19 heavy (non-hydrogen) atoms. The molecule has 1 atom stereocenters. The molecular weight excluding hydrogens is 336 g/mol. The molecule has 0 radical (unpaired) electrons. The normalized spacial score (nSPS) is 19.6. The van der Waals surface area contributed by atoms with Gasteiger partial charge in [-0.3, -0.25) is 0 Å². The molecular formula is C10H15BrN4O3S. The minimum absolute atomic E-state index is 0.0169. The Morgan fingerprint density at radius 3 is 3.00 bits per heavy atom. The number of hydrazine groups is 1. The second kappa shape index (κ2) is 6.14. The Balaban J connectivity index is 2.16. The van der Waals surface area contributed by atoms with E-state index in [9.17, 15) is 8.42 Å². The molecule has 0 spiro atoms. The van der Waals surface area contributed by atoms with Crippen molar-refractivity contribution in [2.45, 2.75) is 11.3 Å². The Morgan fingerprint density at radius 2 is 2.37 bits per heavy atom. The lowest BCUT2D eigenvalue weighted by Crippen LogP contribution is -2.30. The van der Waals surface area contributed by atoms with Gasteiger partial charge >= 0.3 is 0 Å². The molecule has 2 heterocycles. The highest BCUT2D eigenvalue weighted by Gasteiger charge is 2.23. The van der Waals surface area contributed by atoms with Crippen LogP contribution in [0.1, 0.15) is 6.42 Å². The molecule has 4 N–H and O–H groups in total. The molecule has 1 unspecified atom stereocenters. The summed E-state index contributed by atoms with van der Waals surface area (Å²) in [6.45, 7) is 1.61. The number of anilines is 1. The van der Waals surface area contributed by atoms with Gasteiger partial charge < -0.3 is 10.2 Å². The summed E-state index contributed by atoms with van der Waals surface area (Å²) in [5.41, 5.74) is 2.28. The largest absolute Gasteiger partial charge is 0.381 e. The number of nitrogens with zero attached hydrogens (tertiary/aromatic N) is 1. The zero-order valence-electron chi connectivity index (χ0n) is 10.1. The van der Waals surface area contributed by atoms with Crippen LogP contribution in [0.4, 0.5) is 5.82 Å². The standard InChI is InChI=1S/C10H15BrN4O3S/c11-8-3-9(10(15-12)13-5-8)19(16,17)14-4-7-1-2-18-6-7/h3,5,7,14H,1-2,4,6,12H2,(H,13,15). The fourth-order valence-corrected chi connectivity index (χ4v) is 3.53. The molecule has 2 rings (SSSR count). The van der Waals surface area contributed by atoms with Gasteiger partial charge in [0.25, 0.3) is 0 Å². The molecule has 0 aromatic carbocycles. The average molecular weight is 351 g/mol. The van der Waals surface area contributed by atoms with Crippen molar-refractivity contribution in [1.29, 1.82) is 0 Å². The molecule has 0 aliphatic carbocycles. The Labute approximate surface area is 120 Å². The van der Waals surface area contributed by atoms with Crippen molar-refractivity contribution in [3.8, 4) is 0 Å². The smallest absolute Gasteiger partial charge is 0.244 e. The maximum absolute atomic E-state index is 12.2. The number of rotatable bonds is 5. The Kier molecular flexibility index (Phi) is 4.74. The molecule has 7 nitrogen and oxygen atoms in total. The van der Waals surface area contributed by atoms with Crippen molar-refractivity contribution >= 4 is 31.8 Å². The van der Waals surface area contributed by atoms with Gasteiger partial charge in [-0.25, -0.2) is 24.0 Å². The molecule has 1 aliphatic heterocycles. The fourth-order valence-electron chi connectivity index (χ4n) is 1.78. The first-order valence-electron chi connectivity index (χ1n) is 5.72. The first-order valence-corrected chi connectivity index (χ1v) is 8.00. The van der Waals surface area contributed by atoms with Gasteiger partial charge in [-0.05, 0) is 34.3 Å². The summed E-state index contributed by atoms with van der Waals surface area (Å²) >= 11 is 3.19. The van der Waals surface area contributed by atoms with E-state index in [-0.39, 0.29) is 16.6 Å². The third kappa shape index (κ3) is 3.63. The SMILES string of the molecule is NNc1ncc(Br)cc1S(=O)(=O)NCC1CCOC1. The number of nitrogens with two attached hydrogens (primary N) is 1. The molecule has 0 bridgehead atoms. The number of hydrogen-bond acceptors (Lipinski definition) is 6. The lowest BCUT2D eigenvalue weighted by Gasteiger charge is -2.12. The molecule has 9 heteroatoms. The number of halogens is 1. The van der Waals surface area contributed by atoms with Crippen molar-refractivity contribution in [1.82, 2.24) is 9.71 Å². The minimum atomic E-state index is -3.65. The number of aromatic nitrogens is 1. The Hall–Kier alpha value is -0.740. The van der Waals surface area contributed by atoms with E-state index in [4.69, 9.17) is 10.6 Å². The zero-order chi connectivity index (χ0) is 13.9. The van der Waals surface area contributed by atoms with Crippen LogP contribution in [0.25, 0.3) is 0 Å². The van der Waals surface area contributed by atoms with E-state index in [2.05, 4.69) is 31.1 Å². The van der Waals surface area contributed by atoms with Gasteiger partial charge in [0.05, 0.1) is 6.61 Å². The number of ether oxygens (including phenoxy) is 1. The second-order valence-corrected chi connectivity index (χ2v) is 6.88. The molecule has 1 saturated heterocycles. The van der Waals surface area contributed by atoms with Gasteiger partial charge in [0.2, 0.25) is 10.0 Å². The van der Waals surface area contributed by atoms with E-state index in [1.54, 1.807) is 0 Å². The maximum Gasteiger partial charge on any atom is 0.244 e. The van der Waals surface area contributed by atoms with Gasteiger partial charge in [0.15, 0.2) is 5.82 Å². The van der Waals surface area contributed by atoms with Crippen LogP contribution in [0.15, 0.2) is 21.6 Å². The summed E-state index contributed by atoms with van der Waals surface area (Å²) in [7, 11) is -3.65. The Morgan fingerprint density at radius 1 is 1.58 bits per heavy atom. The quantitative estimate of drug-likeness (QED) is 0.525. The van der Waals surface area contributed by atoms with E-state index in [1.165, 1.54) is 12.3 Å². The van der Waals surface area contributed by atoms with Gasteiger partial charge in [-0.2, -0.15) is 0 Å². The first-order chi connectivity index (χ1) is 9.03. The van der Waals surface area contributed by atoms with Crippen molar-refractivity contribution in [3.63, 3.8) is 0 Å². The van der Waals surface area contributed by atoms with E-state index < -0.39 is 10.0 Å². The van der Waals surface area contributed by atoms with Crippen molar-refractivity contribution in [3.05, 3.63) is 16.7 Å². The van der Waals surface area contributed by atoms with E-state index in [0.29, 0.717) is 24.2 Å². The van der Waals surface area contributed by atoms with Gasteiger partial charge in [-0.1, -0.05) is 0 Å². The van der Waals surface area contributed by atoms with Crippen LogP contribution in [0, 0.1) is 5.92 Å². The topological polar surface area (TPSA) is 106 Å². The van der Waals surface area contributed by atoms with Gasteiger partial charge in [0.1, 0.15) is 4.90 Å². The van der Waals surface area contributed by atoms with Crippen molar-refractivity contribution in [2.24, 2.45) is 11.8 Å². The van der Waals surface area contributed by atoms with Crippen LogP contribution < -0.4 is 16.0 Å². The molecule has 1 fully saturated rings. The highest BCUT2D eigenvalue weighted by molar-refractivity contribution is 9.10. The van der Waals surface area contributed by atoms with Crippen LogP contribution in [0.3, 0.4) is 0 Å². The molecule has 0 amide bonds. The molecule has 0 saturated carbocycles. The number of sulfonamides is 1. The number of nitrogens with one attached hydrogen (secondary N) is 2. The van der Waals surface area contributed by atoms with Gasteiger partial charge in [-0.15, -0.1) is 0 Å². The summed E-state index contributed by atoms with van der Waals surface area (Å²) in [6.07, 6.45) is 2.33. The maximum atomic E-state index is 12.2. The average Bonchev–Trinajstić information content (AvgIpc) is 2.89. The molecule has 1 aliphatic rings. The predicted molar refractivity (Wildman–Crippen MR) is 73.9 cm³/mol. The van der Waals surface area contributed by atoms with Crippen molar-refractivity contribution < 1.29 is 13.2 Å². The molecule has 1 aromatic rings. The van der Waals surface area contributed by atoms with Gasteiger partial charge in [0, 0.05) is 23.8 Å². The Bertz CT molecular complexity index is 546. The highest BCUT2D eigenvalue weighted by atomic mass is 79.9. The van der Waals surface area contributed by atoms with Crippen LogP contribution in [-0.2, 0) is 14.8 Å². The fraction of sp³-hybridized carbons (Fsp3) is 0.500. The third-order valence-corrected chi connectivity index (χ3v) is 4.70. The van der Waals surface area contributed by atoms with Crippen molar-refractivity contribution in [2.75, 3.05) is 25.2 Å². The van der Waals surface area contributed by atoms with Crippen LogP contribution in [0.2, 0.25) is 0 Å². The van der Waals surface area contributed by atoms with Crippen LogP contribution >= 0.6 is 15.9 Å². The summed E-state index contributed by atoms with van der Waals surface area (Å²) < 4.78 is 32.8. The summed E-state index contributed by atoms with van der Waals surface area (Å²) in [5.74, 6) is 5.60. The number of nitrogen functional groups attached to an aromatic ring is 1. The number of pyridine rings is 1. The summed E-state index contributed by atoms with van der Waals surface area (Å²) in [5, 5.41) is 0. The first kappa shape index (κ1) is 14.7. The van der Waals surface area contributed by atoms with Crippen LogP contribution in [0.5, 0.6) is 0 Å².